The summed E-state index contributed by atoms with van der Waals surface area (Å²) in [5, 5.41) is 13.9. The van der Waals surface area contributed by atoms with E-state index in [4.69, 9.17) is 17.3 Å². The van der Waals surface area contributed by atoms with E-state index < -0.39 is 0 Å². The zero-order valence-electron chi connectivity index (χ0n) is 15.2. The molecule has 0 aliphatic carbocycles. The van der Waals surface area contributed by atoms with Gasteiger partial charge in [0.25, 0.3) is 5.56 Å². The normalized spacial score (nSPS) is 10.9. The average molecular weight is 386 g/mol. The highest BCUT2D eigenvalue weighted by Crippen LogP contribution is 2.21. The lowest BCUT2D eigenvalue weighted by atomic mass is 10.1. The van der Waals surface area contributed by atoms with Crippen molar-refractivity contribution in [2.24, 2.45) is 5.73 Å². The van der Waals surface area contributed by atoms with Crippen molar-refractivity contribution in [3.8, 4) is 6.07 Å². The van der Waals surface area contributed by atoms with Crippen molar-refractivity contribution in [2.45, 2.75) is 20.0 Å². The van der Waals surface area contributed by atoms with Crippen LogP contribution in [0.5, 0.6) is 0 Å². The lowest BCUT2D eigenvalue weighted by Crippen LogP contribution is -2.29. The lowest BCUT2D eigenvalue weighted by Gasteiger charge is -2.18. The van der Waals surface area contributed by atoms with E-state index in [1.54, 1.807) is 24.4 Å². The van der Waals surface area contributed by atoms with Gasteiger partial charge in [-0.3, -0.25) is 4.79 Å². The van der Waals surface area contributed by atoms with Crippen LogP contribution in [0.4, 0.5) is 5.95 Å². The molecule has 0 unspecified atom stereocenters. The zero-order valence-corrected chi connectivity index (χ0v) is 15.9. The average Bonchev–Trinajstić information content (AvgIpc) is 3.04. The number of aryl methyl sites for hydroxylation is 1. The molecule has 0 aliphatic heterocycles. The number of imidazole rings is 1. The quantitative estimate of drug-likeness (QED) is 0.690. The van der Waals surface area contributed by atoms with E-state index in [2.05, 4.69) is 16.2 Å². The fraction of sp³-hybridized carbons (Fsp3) is 0.333. The van der Waals surface area contributed by atoms with E-state index in [0.29, 0.717) is 52.8 Å². The maximum Gasteiger partial charge on any atom is 0.293 e. The molecule has 3 rings (SSSR count). The number of benzene rings is 1. The van der Waals surface area contributed by atoms with Crippen LogP contribution in [0.3, 0.4) is 0 Å². The fourth-order valence-electron chi connectivity index (χ4n) is 3.06. The van der Waals surface area contributed by atoms with Gasteiger partial charge >= 0.3 is 0 Å². The van der Waals surface area contributed by atoms with E-state index in [0.717, 1.165) is 0 Å². The molecule has 0 amide bonds. The molecule has 9 heteroatoms. The minimum absolute atomic E-state index is 0.154. The second kappa shape index (κ2) is 7.78. The number of likely N-dealkylation sites (N-methyl/N-ethyl adjacent to an activating group) is 1. The first-order valence-electron chi connectivity index (χ1n) is 8.56. The van der Waals surface area contributed by atoms with Crippen molar-refractivity contribution in [2.75, 3.05) is 25.0 Å². The molecular formula is C18H20ClN7O. The standard InChI is InChI=1S/C18H20ClN7O/c1-3-25-16-15(23-18(25)24(2)8-7-20)10-22-26(17(16)27)11-12-5-4-6-14(19)13(12)9-21/h4-6,10H,3,7-8,11,20H2,1-2H3. The summed E-state index contributed by atoms with van der Waals surface area (Å²) in [7, 11) is 1.89. The van der Waals surface area contributed by atoms with Crippen LogP contribution in [0.15, 0.2) is 29.2 Å². The van der Waals surface area contributed by atoms with E-state index in [-0.39, 0.29) is 12.1 Å². The van der Waals surface area contributed by atoms with Crippen LogP contribution < -0.4 is 16.2 Å². The summed E-state index contributed by atoms with van der Waals surface area (Å²) in [5.74, 6) is 0.676. The molecule has 2 heterocycles. The monoisotopic (exact) mass is 385 g/mol. The summed E-state index contributed by atoms with van der Waals surface area (Å²) in [5.41, 5.74) is 7.37. The third-order valence-corrected chi connectivity index (χ3v) is 4.70. The maximum atomic E-state index is 13.1. The summed E-state index contributed by atoms with van der Waals surface area (Å²) >= 11 is 6.09. The Balaban J connectivity index is 2.12. The number of aromatic nitrogens is 4. The van der Waals surface area contributed by atoms with Gasteiger partial charge in [0.1, 0.15) is 17.1 Å². The van der Waals surface area contributed by atoms with Gasteiger partial charge < -0.3 is 15.2 Å². The molecule has 1 aromatic carbocycles. The molecular weight excluding hydrogens is 366 g/mol. The number of rotatable bonds is 6. The largest absolute Gasteiger partial charge is 0.344 e. The Hall–Kier alpha value is -2.89. The van der Waals surface area contributed by atoms with Crippen LogP contribution in [0.25, 0.3) is 11.0 Å². The highest BCUT2D eigenvalue weighted by molar-refractivity contribution is 6.31. The van der Waals surface area contributed by atoms with Gasteiger partial charge in [-0.1, -0.05) is 23.7 Å². The summed E-state index contributed by atoms with van der Waals surface area (Å²) in [6.07, 6.45) is 1.57. The number of nitrogens with two attached hydrogens (primary N) is 1. The Labute approximate surface area is 161 Å². The first-order valence-corrected chi connectivity index (χ1v) is 8.94. The highest BCUT2D eigenvalue weighted by Gasteiger charge is 2.18. The molecule has 3 aromatic rings. The Bertz CT molecular complexity index is 1080. The first-order chi connectivity index (χ1) is 13.0. The molecule has 27 heavy (non-hydrogen) atoms. The highest BCUT2D eigenvalue weighted by atomic mass is 35.5. The Morgan fingerprint density at radius 3 is 2.85 bits per heavy atom. The van der Waals surface area contributed by atoms with Crippen molar-refractivity contribution < 1.29 is 0 Å². The fourth-order valence-corrected chi connectivity index (χ4v) is 3.29. The molecule has 0 fully saturated rings. The number of fused-ring (bicyclic) bond motifs is 1. The Kier molecular flexibility index (Phi) is 5.44. The number of hydrogen-bond acceptors (Lipinski definition) is 6. The second-order valence-electron chi connectivity index (χ2n) is 6.09. The molecule has 8 nitrogen and oxygen atoms in total. The van der Waals surface area contributed by atoms with E-state index in [1.807, 2.05) is 23.4 Å². The molecule has 0 atom stereocenters. The van der Waals surface area contributed by atoms with Gasteiger partial charge in [-0.25, -0.2) is 9.67 Å². The van der Waals surface area contributed by atoms with Crippen LogP contribution in [0.2, 0.25) is 5.02 Å². The molecule has 0 bridgehead atoms. The van der Waals surface area contributed by atoms with Crippen molar-refractivity contribution in [1.29, 1.82) is 5.26 Å². The first kappa shape index (κ1) is 18.9. The van der Waals surface area contributed by atoms with Crippen LogP contribution in [-0.4, -0.2) is 39.5 Å². The number of halogens is 1. The number of hydrogen-bond donors (Lipinski definition) is 1. The van der Waals surface area contributed by atoms with Gasteiger partial charge in [-0.2, -0.15) is 10.4 Å². The topological polar surface area (TPSA) is 106 Å². The van der Waals surface area contributed by atoms with Crippen LogP contribution in [0.1, 0.15) is 18.1 Å². The number of nitrogens with zero attached hydrogens (tertiary/aromatic N) is 6. The SMILES string of the molecule is CCn1c(N(C)CCN)nc2cnn(Cc3cccc(Cl)c3C#N)c(=O)c21. The maximum absolute atomic E-state index is 13.1. The van der Waals surface area contributed by atoms with Gasteiger partial charge in [-0.05, 0) is 18.6 Å². The summed E-state index contributed by atoms with van der Waals surface area (Å²) in [6, 6.07) is 7.25. The van der Waals surface area contributed by atoms with Crippen LogP contribution >= 0.6 is 11.6 Å². The van der Waals surface area contributed by atoms with Gasteiger partial charge in [0, 0.05) is 26.7 Å². The van der Waals surface area contributed by atoms with E-state index in [1.165, 1.54) is 4.68 Å². The van der Waals surface area contributed by atoms with Crippen molar-refractivity contribution >= 4 is 28.6 Å². The predicted molar refractivity (Wildman–Crippen MR) is 105 cm³/mol. The summed E-state index contributed by atoms with van der Waals surface area (Å²) in [4.78, 5) is 19.5. The Morgan fingerprint density at radius 1 is 1.41 bits per heavy atom. The third kappa shape index (κ3) is 3.39. The van der Waals surface area contributed by atoms with Gasteiger partial charge in [0.15, 0.2) is 0 Å². The van der Waals surface area contributed by atoms with Crippen molar-refractivity contribution in [3.05, 3.63) is 50.9 Å². The third-order valence-electron chi connectivity index (χ3n) is 4.38. The summed E-state index contributed by atoms with van der Waals surface area (Å²) < 4.78 is 3.18. The van der Waals surface area contributed by atoms with Crippen molar-refractivity contribution in [1.82, 2.24) is 19.3 Å². The lowest BCUT2D eigenvalue weighted by molar-refractivity contribution is 0.639. The van der Waals surface area contributed by atoms with Gasteiger partial charge in [0.05, 0.1) is 23.3 Å². The molecule has 0 radical (unpaired) electrons. The van der Waals surface area contributed by atoms with Gasteiger partial charge in [-0.15, -0.1) is 0 Å². The minimum Gasteiger partial charge on any atom is -0.344 e. The van der Waals surface area contributed by atoms with Crippen LogP contribution in [0, 0.1) is 11.3 Å². The second-order valence-corrected chi connectivity index (χ2v) is 6.50. The molecule has 2 aromatic heterocycles. The van der Waals surface area contributed by atoms with Crippen molar-refractivity contribution in [3.63, 3.8) is 0 Å². The molecule has 2 N–H and O–H groups in total. The predicted octanol–water partition coefficient (Wildman–Crippen LogP) is 1.58. The summed E-state index contributed by atoms with van der Waals surface area (Å²) in [6.45, 7) is 3.80. The molecule has 0 aliphatic rings. The number of nitriles is 1. The molecule has 140 valence electrons. The van der Waals surface area contributed by atoms with E-state index >= 15 is 0 Å². The molecule has 0 saturated carbocycles. The molecule has 0 saturated heterocycles. The van der Waals surface area contributed by atoms with Crippen LogP contribution in [-0.2, 0) is 13.1 Å². The molecule has 0 spiro atoms. The smallest absolute Gasteiger partial charge is 0.293 e. The minimum atomic E-state index is -0.266. The Morgan fingerprint density at radius 2 is 2.19 bits per heavy atom. The number of anilines is 1. The van der Waals surface area contributed by atoms with Gasteiger partial charge in [0.2, 0.25) is 5.95 Å². The van der Waals surface area contributed by atoms with E-state index in [9.17, 15) is 10.1 Å². The zero-order chi connectivity index (χ0) is 19.6.